The normalized spacial score (nSPS) is 46.4. The fourth-order valence-electron chi connectivity index (χ4n) is 11.9. The first-order chi connectivity index (χ1) is 22.1. The van der Waals surface area contributed by atoms with E-state index < -0.39 is 42.3 Å². The summed E-state index contributed by atoms with van der Waals surface area (Å²) >= 11 is 0. The second kappa shape index (κ2) is 12.7. The van der Waals surface area contributed by atoms with Crippen LogP contribution in [0, 0.1) is 45.3 Å². The second-order valence-corrected chi connectivity index (χ2v) is 17.7. The zero-order chi connectivity index (χ0) is 35.8. The van der Waals surface area contributed by atoms with Crippen molar-refractivity contribution in [2.24, 2.45) is 45.3 Å². The minimum atomic E-state index is -1.81. The van der Waals surface area contributed by atoms with E-state index in [4.69, 9.17) is 14.2 Å². The first-order valence-electron chi connectivity index (χ1n) is 18.1. The molecule has 0 bridgehead atoms. The Labute approximate surface area is 286 Å². The molecule has 48 heavy (non-hydrogen) atoms. The summed E-state index contributed by atoms with van der Waals surface area (Å²) < 4.78 is 18.1. The summed E-state index contributed by atoms with van der Waals surface area (Å²) in [6.45, 7) is 19.0. The van der Waals surface area contributed by atoms with Crippen molar-refractivity contribution in [2.45, 2.75) is 163 Å². The lowest BCUT2D eigenvalue weighted by atomic mass is 9.35. The standard InChI is InChI=1S/C38H60O10/c1-20(2)11-10-15-38(9,48-33-30(43)28(41)29(42)31(47-33)32(44)45)22-12-17-37(8)27(22)23(40)19-25-35(6)16-14-26(46-21(3)39)34(4,5)24(35)13-18-36(25,37)7/h11,22,24-31,33,41-43H,10,12-19H2,1-9H3,(H,44,45)/t22?,24?,25?,26-,27?,28?,29-,30?,31?,33-,35-,36+,37+,38?/m0/s1. The molecule has 0 aromatic heterocycles. The number of hydrogen-bond donors (Lipinski definition) is 4. The number of carbonyl (C=O) groups excluding carboxylic acids is 2. The summed E-state index contributed by atoms with van der Waals surface area (Å²) in [6, 6.07) is 0. The second-order valence-electron chi connectivity index (χ2n) is 17.7. The Bertz CT molecular complexity index is 1310. The number of carboxylic acids is 1. The van der Waals surface area contributed by atoms with E-state index >= 15 is 0 Å². The van der Waals surface area contributed by atoms with Gasteiger partial charge in [-0.1, -0.05) is 46.3 Å². The van der Waals surface area contributed by atoms with Crippen LogP contribution in [0.15, 0.2) is 11.6 Å². The molecule has 0 aromatic rings. The van der Waals surface area contributed by atoms with Gasteiger partial charge in [0.15, 0.2) is 12.4 Å². The van der Waals surface area contributed by atoms with Crippen molar-refractivity contribution in [2.75, 3.05) is 0 Å². The first-order valence-corrected chi connectivity index (χ1v) is 18.1. The molecule has 0 spiro atoms. The highest BCUT2D eigenvalue weighted by Gasteiger charge is 2.72. The predicted molar refractivity (Wildman–Crippen MR) is 177 cm³/mol. The number of aliphatic hydroxyl groups is 3. The van der Waals surface area contributed by atoms with Crippen LogP contribution in [0.2, 0.25) is 0 Å². The topological polar surface area (TPSA) is 160 Å². The number of Topliss-reactive ketones (excluding diaryl/α,β-unsaturated/α-hetero) is 1. The Morgan fingerprint density at radius 1 is 0.917 bits per heavy atom. The van der Waals surface area contributed by atoms with E-state index in [1.54, 1.807) is 0 Å². The number of rotatable bonds is 8. The third kappa shape index (κ3) is 5.79. The van der Waals surface area contributed by atoms with Gasteiger partial charge in [-0.05, 0) is 106 Å². The largest absolute Gasteiger partial charge is 0.479 e. The lowest BCUT2D eigenvalue weighted by Gasteiger charge is -2.69. The summed E-state index contributed by atoms with van der Waals surface area (Å²) in [6.07, 6.45) is 0.213. The van der Waals surface area contributed by atoms with Crippen LogP contribution in [0.3, 0.4) is 0 Å². The monoisotopic (exact) mass is 676 g/mol. The lowest BCUT2D eigenvalue weighted by molar-refractivity contribution is -0.327. The van der Waals surface area contributed by atoms with Gasteiger partial charge in [-0.2, -0.15) is 0 Å². The molecule has 5 rings (SSSR count). The number of hydrogen-bond acceptors (Lipinski definition) is 9. The Morgan fingerprint density at radius 3 is 2.17 bits per heavy atom. The van der Waals surface area contributed by atoms with Gasteiger partial charge in [0.05, 0.1) is 5.60 Å². The number of ether oxygens (including phenoxy) is 3. The smallest absolute Gasteiger partial charge is 0.335 e. The quantitative estimate of drug-likeness (QED) is 0.199. The molecule has 1 aliphatic heterocycles. The lowest BCUT2D eigenvalue weighted by Crippen LogP contribution is -2.66. The number of esters is 1. The van der Waals surface area contributed by atoms with Crippen LogP contribution < -0.4 is 0 Å². The molecule has 10 nitrogen and oxygen atoms in total. The Morgan fingerprint density at radius 2 is 1.56 bits per heavy atom. The predicted octanol–water partition coefficient (Wildman–Crippen LogP) is 5.20. The van der Waals surface area contributed by atoms with Crippen molar-refractivity contribution in [3.05, 3.63) is 11.6 Å². The van der Waals surface area contributed by atoms with Gasteiger partial charge < -0.3 is 34.6 Å². The molecule has 10 heteroatoms. The van der Waals surface area contributed by atoms with Gasteiger partial charge in [0.25, 0.3) is 0 Å². The molecule has 5 fully saturated rings. The molecule has 4 saturated carbocycles. The summed E-state index contributed by atoms with van der Waals surface area (Å²) in [5.41, 5.74) is -0.645. The average molecular weight is 677 g/mol. The molecule has 0 aromatic carbocycles. The summed E-state index contributed by atoms with van der Waals surface area (Å²) in [5.74, 6) is -1.55. The number of carboxylic acid groups (broad SMARTS) is 1. The highest BCUT2D eigenvalue weighted by atomic mass is 16.7. The number of ketones is 1. The molecule has 5 aliphatic rings. The molecular formula is C38H60O10. The average Bonchev–Trinajstić information content (AvgIpc) is 3.36. The van der Waals surface area contributed by atoms with Crippen LogP contribution in [-0.2, 0) is 28.6 Å². The third-order valence-corrected chi connectivity index (χ3v) is 14.6. The van der Waals surface area contributed by atoms with Crippen molar-refractivity contribution in [1.29, 1.82) is 0 Å². The zero-order valence-corrected chi connectivity index (χ0v) is 30.5. The van der Waals surface area contributed by atoms with E-state index in [-0.39, 0.29) is 57.3 Å². The van der Waals surface area contributed by atoms with Gasteiger partial charge in [-0.15, -0.1) is 0 Å². The molecule has 1 heterocycles. The van der Waals surface area contributed by atoms with E-state index in [0.29, 0.717) is 25.2 Å². The molecule has 0 amide bonds. The van der Waals surface area contributed by atoms with Crippen molar-refractivity contribution < 1.29 is 49.0 Å². The third-order valence-electron chi connectivity index (χ3n) is 14.6. The highest BCUT2D eigenvalue weighted by Crippen LogP contribution is 2.75. The van der Waals surface area contributed by atoms with Crippen molar-refractivity contribution in [3.63, 3.8) is 0 Å². The molecule has 14 atom stereocenters. The number of carbonyl (C=O) groups is 3. The number of aliphatic hydroxyl groups excluding tert-OH is 3. The summed E-state index contributed by atoms with van der Waals surface area (Å²) in [5, 5.41) is 41.5. The SMILES string of the molecule is CC(=O)O[C@H]1CC[C@@]2(C)C(CC[C@]3(C)C2CC(=O)C2C(C(C)(CCC=C(C)C)O[C@@H]4OC(C(=O)O)[C@@H](O)C(O)C4O)CC[C@]23C)C1(C)C. The molecule has 272 valence electrons. The van der Waals surface area contributed by atoms with E-state index in [1.165, 1.54) is 6.92 Å². The maximum absolute atomic E-state index is 14.7. The molecule has 0 radical (unpaired) electrons. The Kier molecular flexibility index (Phi) is 9.92. The maximum Gasteiger partial charge on any atom is 0.335 e. The molecule has 1 saturated heterocycles. The maximum atomic E-state index is 14.7. The van der Waals surface area contributed by atoms with E-state index in [0.717, 1.165) is 44.1 Å². The fourth-order valence-corrected chi connectivity index (χ4v) is 11.9. The van der Waals surface area contributed by atoms with E-state index in [9.17, 15) is 34.8 Å². The van der Waals surface area contributed by atoms with Crippen LogP contribution in [-0.4, -0.2) is 80.6 Å². The van der Waals surface area contributed by atoms with E-state index in [1.807, 2.05) is 20.8 Å². The van der Waals surface area contributed by atoms with Gasteiger partial charge in [0.1, 0.15) is 30.2 Å². The Hall–Kier alpha value is -1.85. The van der Waals surface area contributed by atoms with Crippen LogP contribution in [0.5, 0.6) is 0 Å². The Balaban J connectivity index is 1.48. The summed E-state index contributed by atoms with van der Waals surface area (Å²) in [7, 11) is 0. The number of allylic oxidation sites excluding steroid dienone is 2. The number of fused-ring (bicyclic) bond motifs is 5. The van der Waals surface area contributed by atoms with Gasteiger partial charge in [-0.25, -0.2) is 4.79 Å². The van der Waals surface area contributed by atoms with Gasteiger partial charge in [-0.3, -0.25) is 9.59 Å². The van der Waals surface area contributed by atoms with Gasteiger partial charge >= 0.3 is 11.9 Å². The highest BCUT2D eigenvalue weighted by molar-refractivity contribution is 5.84. The van der Waals surface area contributed by atoms with Crippen LogP contribution in [0.4, 0.5) is 0 Å². The molecule has 8 unspecified atom stereocenters. The van der Waals surface area contributed by atoms with Crippen molar-refractivity contribution in [1.82, 2.24) is 0 Å². The minimum absolute atomic E-state index is 0.0962. The first kappa shape index (κ1) is 37.4. The molecule has 4 N–H and O–H groups in total. The summed E-state index contributed by atoms with van der Waals surface area (Å²) in [4.78, 5) is 38.6. The minimum Gasteiger partial charge on any atom is -0.479 e. The van der Waals surface area contributed by atoms with Crippen molar-refractivity contribution >= 4 is 17.7 Å². The van der Waals surface area contributed by atoms with Crippen LogP contribution in [0.25, 0.3) is 0 Å². The van der Waals surface area contributed by atoms with Gasteiger partial charge in [0.2, 0.25) is 0 Å². The van der Waals surface area contributed by atoms with Gasteiger partial charge in [0, 0.05) is 24.7 Å². The van der Waals surface area contributed by atoms with Crippen molar-refractivity contribution in [3.8, 4) is 0 Å². The number of aliphatic carboxylic acids is 1. The molecular weight excluding hydrogens is 616 g/mol. The van der Waals surface area contributed by atoms with Crippen LogP contribution >= 0.6 is 0 Å². The molecule has 4 aliphatic carbocycles. The van der Waals surface area contributed by atoms with Crippen LogP contribution in [0.1, 0.15) is 120 Å². The zero-order valence-electron chi connectivity index (χ0n) is 30.5. The fraction of sp³-hybridized carbons (Fsp3) is 0.868. The van der Waals surface area contributed by atoms with E-state index in [2.05, 4.69) is 40.7 Å².